The molecule has 100 valence electrons. The van der Waals surface area contributed by atoms with Crippen molar-refractivity contribution in [2.75, 3.05) is 6.61 Å². The SMILES string of the molecule is CC(C)C1CC(N[C@@H](C)c2ccccn2)CCO1. The molecule has 0 spiro atoms. The highest BCUT2D eigenvalue weighted by Crippen LogP contribution is 2.22. The molecular formula is C15H24N2O. The highest BCUT2D eigenvalue weighted by molar-refractivity contribution is 5.08. The summed E-state index contributed by atoms with van der Waals surface area (Å²) in [5, 5.41) is 3.68. The minimum atomic E-state index is 0.308. The molecule has 1 aliphatic rings. The van der Waals surface area contributed by atoms with Gasteiger partial charge >= 0.3 is 0 Å². The van der Waals surface area contributed by atoms with Crippen molar-refractivity contribution in [3.63, 3.8) is 0 Å². The van der Waals surface area contributed by atoms with E-state index in [-0.39, 0.29) is 0 Å². The summed E-state index contributed by atoms with van der Waals surface area (Å²) in [7, 11) is 0. The molecule has 2 heterocycles. The van der Waals surface area contributed by atoms with Crippen LogP contribution < -0.4 is 5.32 Å². The Morgan fingerprint density at radius 3 is 2.83 bits per heavy atom. The van der Waals surface area contributed by atoms with Gasteiger partial charge in [0.05, 0.1) is 11.8 Å². The first-order valence-corrected chi connectivity index (χ1v) is 6.95. The minimum Gasteiger partial charge on any atom is -0.378 e. The number of pyridine rings is 1. The molecule has 0 aliphatic carbocycles. The molecule has 1 aromatic heterocycles. The Kier molecular flexibility index (Phi) is 4.72. The van der Waals surface area contributed by atoms with E-state index in [0.717, 1.165) is 25.1 Å². The Morgan fingerprint density at radius 2 is 2.17 bits per heavy atom. The average Bonchev–Trinajstić information content (AvgIpc) is 2.40. The number of hydrogen-bond donors (Lipinski definition) is 1. The lowest BCUT2D eigenvalue weighted by Crippen LogP contribution is -2.41. The van der Waals surface area contributed by atoms with E-state index in [4.69, 9.17) is 4.74 Å². The number of nitrogens with one attached hydrogen (secondary N) is 1. The first kappa shape index (κ1) is 13.5. The Bertz CT molecular complexity index is 353. The normalized spacial score (nSPS) is 26.2. The Hall–Kier alpha value is -0.930. The van der Waals surface area contributed by atoms with Crippen LogP contribution in [0, 0.1) is 5.92 Å². The zero-order valence-corrected chi connectivity index (χ0v) is 11.6. The van der Waals surface area contributed by atoms with E-state index in [1.54, 1.807) is 0 Å². The predicted molar refractivity (Wildman–Crippen MR) is 73.4 cm³/mol. The van der Waals surface area contributed by atoms with E-state index in [2.05, 4.69) is 37.1 Å². The maximum absolute atomic E-state index is 5.80. The highest BCUT2D eigenvalue weighted by atomic mass is 16.5. The van der Waals surface area contributed by atoms with Gasteiger partial charge in [0.25, 0.3) is 0 Å². The van der Waals surface area contributed by atoms with E-state index in [1.165, 1.54) is 0 Å². The fourth-order valence-electron chi connectivity index (χ4n) is 2.52. The standard InChI is InChI=1S/C15H24N2O/c1-11(2)15-10-13(7-9-18-15)17-12(3)14-6-4-5-8-16-14/h4-6,8,11-13,15,17H,7,9-10H2,1-3H3/t12-,13?,15?/m0/s1. The molecule has 1 N–H and O–H groups in total. The fourth-order valence-corrected chi connectivity index (χ4v) is 2.52. The first-order chi connectivity index (χ1) is 8.66. The highest BCUT2D eigenvalue weighted by Gasteiger charge is 2.25. The second kappa shape index (κ2) is 6.30. The van der Waals surface area contributed by atoms with Crippen LogP contribution in [0.1, 0.15) is 45.3 Å². The van der Waals surface area contributed by atoms with E-state index < -0.39 is 0 Å². The summed E-state index contributed by atoms with van der Waals surface area (Å²) in [6.07, 6.45) is 4.45. The Labute approximate surface area is 110 Å². The summed E-state index contributed by atoms with van der Waals surface area (Å²) in [5.41, 5.74) is 1.12. The Morgan fingerprint density at radius 1 is 1.33 bits per heavy atom. The molecular weight excluding hydrogens is 224 g/mol. The van der Waals surface area contributed by atoms with Crippen LogP contribution in [0.5, 0.6) is 0 Å². The molecule has 2 unspecified atom stereocenters. The number of rotatable bonds is 4. The van der Waals surface area contributed by atoms with E-state index in [0.29, 0.717) is 24.1 Å². The molecule has 18 heavy (non-hydrogen) atoms. The monoisotopic (exact) mass is 248 g/mol. The molecule has 0 radical (unpaired) electrons. The second-order valence-corrected chi connectivity index (χ2v) is 5.52. The number of ether oxygens (including phenoxy) is 1. The van der Waals surface area contributed by atoms with E-state index in [1.807, 2.05) is 18.3 Å². The van der Waals surface area contributed by atoms with Crippen LogP contribution >= 0.6 is 0 Å². The number of nitrogens with zero attached hydrogens (tertiary/aromatic N) is 1. The zero-order valence-electron chi connectivity index (χ0n) is 11.6. The molecule has 0 bridgehead atoms. The molecule has 0 amide bonds. The van der Waals surface area contributed by atoms with Crippen molar-refractivity contribution < 1.29 is 4.74 Å². The first-order valence-electron chi connectivity index (χ1n) is 6.95. The third-order valence-corrected chi connectivity index (χ3v) is 3.68. The van der Waals surface area contributed by atoms with Crippen molar-refractivity contribution in [3.05, 3.63) is 30.1 Å². The minimum absolute atomic E-state index is 0.308. The third-order valence-electron chi connectivity index (χ3n) is 3.68. The van der Waals surface area contributed by atoms with Crippen molar-refractivity contribution in [1.82, 2.24) is 10.3 Å². The largest absolute Gasteiger partial charge is 0.378 e. The van der Waals surface area contributed by atoms with Gasteiger partial charge in [-0.3, -0.25) is 4.98 Å². The van der Waals surface area contributed by atoms with E-state index >= 15 is 0 Å². The van der Waals surface area contributed by atoms with Crippen molar-refractivity contribution in [3.8, 4) is 0 Å². The van der Waals surface area contributed by atoms with Crippen LogP contribution in [0.4, 0.5) is 0 Å². The molecule has 2 rings (SSSR count). The number of aromatic nitrogens is 1. The van der Waals surface area contributed by atoms with Crippen LogP contribution in [-0.2, 0) is 4.74 Å². The van der Waals surface area contributed by atoms with Gasteiger partial charge in [-0.1, -0.05) is 19.9 Å². The molecule has 1 aromatic rings. The third kappa shape index (κ3) is 3.53. The van der Waals surface area contributed by atoms with Crippen LogP contribution in [0.25, 0.3) is 0 Å². The molecule has 3 nitrogen and oxygen atoms in total. The van der Waals surface area contributed by atoms with Crippen molar-refractivity contribution in [2.24, 2.45) is 5.92 Å². The summed E-state index contributed by atoms with van der Waals surface area (Å²) in [6, 6.07) is 6.93. The van der Waals surface area contributed by atoms with Gasteiger partial charge in [0.15, 0.2) is 0 Å². The molecule has 1 saturated heterocycles. The second-order valence-electron chi connectivity index (χ2n) is 5.52. The maximum atomic E-state index is 5.80. The summed E-state index contributed by atoms with van der Waals surface area (Å²) in [6.45, 7) is 7.52. The van der Waals surface area contributed by atoms with Gasteiger partial charge in [0.2, 0.25) is 0 Å². The zero-order chi connectivity index (χ0) is 13.0. The fraction of sp³-hybridized carbons (Fsp3) is 0.667. The van der Waals surface area contributed by atoms with Crippen molar-refractivity contribution >= 4 is 0 Å². The lowest BCUT2D eigenvalue weighted by molar-refractivity contribution is -0.0257. The molecule has 0 aromatic carbocycles. The smallest absolute Gasteiger partial charge is 0.0612 e. The average molecular weight is 248 g/mol. The van der Waals surface area contributed by atoms with Gasteiger partial charge in [-0.05, 0) is 37.8 Å². The molecule has 3 atom stereocenters. The van der Waals surface area contributed by atoms with Crippen LogP contribution in [0.2, 0.25) is 0 Å². The van der Waals surface area contributed by atoms with Gasteiger partial charge in [-0.25, -0.2) is 0 Å². The Balaban J connectivity index is 1.89. The molecule has 1 aliphatic heterocycles. The van der Waals surface area contributed by atoms with Crippen molar-refractivity contribution in [2.45, 2.75) is 51.8 Å². The lowest BCUT2D eigenvalue weighted by Gasteiger charge is -2.34. The van der Waals surface area contributed by atoms with Crippen LogP contribution in [0.3, 0.4) is 0 Å². The van der Waals surface area contributed by atoms with Gasteiger partial charge in [-0.2, -0.15) is 0 Å². The molecule has 1 fully saturated rings. The maximum Gasteiger partial charge on any atom is 0.0612 e. The topological polar surface area (TPSA) is 34.2 Å². The summed E-state index contributed by atoms with van der Waals surface area (Å²) < 4.78 is 5.80. The summed E-state index contributed by atoms with van der Waals surface area (Å²) in [5.74, 6) is 0.597. The summed E-state index contributed by atoms with van der Waals surface area (Å²) in [4.78, 5) is 4.40. The molecule has 3 heteroatoms. The van der Waals surface area contributed by atoms with Crippen LogP contribution in [-0.4, -0.2) is 23.7 Å². The van der Waals surface area contributed by atoms with Gasteiger partial charge in [0, 0.05) is 24.9 Å². The van der Waals surface area contributed by atoms with E-state index in [9.17, 15) is 0 Å². The summed E-state index contributed by atoms with van der Waals surface area (Å²) >= 11 is 0. The lowest BCUT2D eigenvalue weighted by atomic mass is 9.95. The molecule has 0 saturated carbocycles. The van der Waals surface area contributed by atoms with Gasteiger partial charge in [-0.15, -0.1) is 0 Å². The predicted octanol–water partition coefficient (Wildman–Crippen LogP) is 2.94. The van der Waals surface area contributed by atoms with Crippen molar-refractivity contribution in [1.29, 1.82) is 0 Å². The quantitative estimate of drug-likeness (QED) is 0.889. The van der Waals surface area contributed by atoms with Gasteiger partial charge < -0.3 is 10.1 Å². The van der Waals surface area contributed by atoms with Gasteiger partial charge in [0.1, 0.15) is 0 Å². The number of hydrogen-bond acceptors (Lipinski definition) is 3. The van der Waals surface area contributed by atoms with Crippen LogP contribution in [0.15, 0.2) is 24.4 Å².